The standard InChI is InChI=1S/C14H20O10/c1-6(15)14(24-9(4)18)10(5-21-7(2)16)23-13(20)11(19)12(14)22-8(3)17/h10-13,19-20H,5H2,1-4H3/t10-,11-,12-,13+,14+/m1/s1. The predicted molar refractivity (Wildman–Crippen MR) is 74.3 cm³/mol. The Labute approximate surface area is 137 Å². The van der Waals surface area contributed by atoms with E-state index in [2.05, 4.69) is 0 Å². The van der Waals surface area contributed by atoms with Gasteiger partial charge in [-0.3, -0.25) is 19.2 Å². The van der Waals surface area contributed by atoms with Crippen LogP contribution in [0.1, 0.15) is 27.7 Å². The largest absolute Gasteiger partial charge is 0.463 e. The molecule has 0 radical (unpaired) electrons. The van der Waals surface area contributed by atoms with Crippen molar-refractivity contribution in [2.45, 2.75) is 57.9 Å². The lowest BCUT2D eigenvalue weighted by atomic mass is 9.80. The number of ketones is 1. The summed E-state index contributed by atoms with van der Waals surface area (Å²) in [4.78, 5) is 46.1. The average molecular weight is 348 g/mol. The fourth-order valence-corrected chi connectivity index (χ4v) is 2.49. The van der Waals surface area contributed by atoms with Gasteiger partial charge < -0.3 is 29.2 Å². The van der Waals surface area contributed by atoms with E-state index in [1.165, 1.54) is 0 Å². The first-order valence-electron chi connectivity index (χ1n) is 7.05. The molecule has 10 nitrogen and oxygen atoms in total. The highest BCUT2D eigenvalue weighted by atomic mass is 16.7. The zero-order chi connectivity index (χ0) is 18.7. The van der Waals surface area contributed by atoms with E-state index in [9.17, 15) is 29.4 Å². The van der Waals surface area contributed by atoms with E-state index >= 15 is 0 Å². The molecule has 0 unspecified atom stereocenters. The third-order valence-electron chi connectivity index (χ3n) is 3.40. The van der Waals surface area contributed by atoms with Gasteiger partial charge in [-0.05, 0) is 6.92 Å². The highest BCUT2D eigenvalue weighted by molar-refractivity contribution is 5.90. The third kappa shape index (κ3) is 4.08. The van der Waals surface area contributed by atoms with Crippen LogP contribution in [0.2, 0.25) is 0 Å². The molecule has 0 spiro atoms. The van der Waals surface area contributed by atoms with Crippen LogP contribution in [-0.4, -0.2) is 70.7 Å². The monoisotopic (exact) mass is 348 g/mol. The SMILES string of the molecule is CC(=O)OC[C@H]1O[C@H](O)[C@H](O)[C@@H](OC(C)=O)[C@]1(OC(C)=O)C(C)=O. The minimum absolute atomic E-state index is 0.580. The maximum absolute atomic E-state index is 12.3. The minimum Gasteiger partial charge on any atom is -0.463 e. The summed E-state index contributed by atoms with van der Waals surface area (Å²) in [6.07, 6.45) is -6.98. The van der Waals surface area contributed by atoms with Crippen LogP contribution in [0.4, 0.5) is 0 Å². The maximum Gasteiger partial charge on any atom is 0.303 e. The molecule has 136 valence electrons. The Kier molecular flexibility index (Phi) is 6.41. The van der Waals surface area contributed by atoms with Gasteiger partial charge >= 0.3 is 17.9 Å². The molecule has 2 N–H and O–H groups in total. The number of Topliss-reactive ketones (excluding diaryl/α,β-unsaturated/α-hetero) is 1. The van der Waals surface area contributed by atoms with Crippen molar-refractivity contribution < 1.29 is 48.3 Å². The first kappa shape index (κ1) is 20.0. The highest BCUT2D eigenvalue weighted by Crippen LogP contribution is 2.36. The van der Waals surface area contributed by atoms with Crippen molar-refractivity contribution >= 4 is 23.7 Å². The van der Waals surface area contributed by atoms with Crippen LogP contribution in [-0.2, 0) is 38.1 Å². The van der Waals surface area contributed by atoms with Gasteiger partial charge in [0.25, 0.3) is 0 Å². The van der Waals surface area contributed by atoms with Crippen LogP contribution in [0.25, 0.3) is 0 Å². The van der Waals surface area contributed by atoms with Gasteiger partial charge in [-0.25, -0.2) is 0 Å². The number of esters is 3. The van der Waals surface area contributed by atoms with Crippen LogP contribution < -0.4 is 0 Å². The van der Waals surface area contributed by atoms with E-state index < -0.39 is 60.5 Å². The van der Waals surface area contributed by atoms with Crippen LogP contribution >= 0.6 is 0 Å². The molecule has 1 saturated heterocycles. The normalized spacial score (nSPS) is 32.6. The second-order valence-electron chi connectivity index (χ2n) is 5.28. The van der Waals surface area contributed by atoms with Gasteiger partial charge in [0, 0.05) is 20.8 Å². The van der Waals surface area contributed by atoms with Crippen LogP contribution in [0.15, 0.2) is 0 Å². The number of aliphatic hydroxyl groups is 2. The first-order chi connectivity index (χ1) is 11.0. The molecule has 1 rings (SSSR count). The molecule has 10 heteroatoms. The van der Waals surface area contributed by atoms with Gasteiger partial charge in [-0.15, -0.1) is 0 Å². The lowest BCUT2D eigenvalue weighted by Crippen LogP contribution is -2.72. The fraction of sp³-hybridized carbons (Fsp3) is 0.714. The number of carbonyl (C=O) groups is 4. The van der Waals surface area contributed by atoms with Gasteiger partial charge in [-0.1, -0.05) is 0 Å². The summed E-state index contributed by atoms with van der Waals surface area (Å²) in [5.41, 5.74) is -2.29. The number of hydrogen-bond donors (Lipinski definition) is 2. The number of rotatable bonds is 5. The van der Waals surface area contributed by atoms with Crippen LogP contribution in [0.5, 0.6) is 0 Å². The Morgan fingerprint density at radius 3 is 2.00 bits per heavy atom. The quantitative estimate of drug-likeness (QED) is 0.442. The number of carbonyl (C=O) groups excluding carboxylic acids is 4. The lowest BCUT2D eigenvalue weighted by molar-refractivity contribution is -0.315. The van der Waals surface area contributed by atoms with Gasteiger partial charge in [0.1, 0.15) is 18.8 Å². The zero-order valence-corrected chi connectivity index (χ0v) is 13.7. The summed E-state index contributed by atoms with van der Waals surface area (Å²) in [6, 6.07) is 0. The Morgan fingerprint density at radius 2 is 1.58 bits per heavy atom. The molecule has 24 heavy (non-hydrogen) atoms. The Morgan fingerprint density at radius 1 is 1.00 bits per heavy atom. The first-order valence-corrected chi connectivity index (χ1v) is 7.05. The molecular weight excluding hydrogens is 328 g/mol. The van der Waals surface area contributed by atoms with Crippen molar-refractivity contribution in [2.24, 2.45) is 0 Å². The molecule has 0 aromatic rings. The molecule has 0 saturated carbocycles. The van der Waals surface area contributed by atoms with Crippen LogP contribution in [0.3, 0.4) is 0 Å². The number of hydrogen-bond acceptors (Lipinski definition) is 10. The summed E-state index contributed by atoms with van der Waals surface area (Å²) >= 11 is 0. The summed E-state index contributed by atoms with van der Waals surface area (Å²) < 4.78 is 19.8. The van der Waals surface area contributed by atoms with Crippen molar-refractivity contribution in [1.82, 2.24) is 0 Å². The zero-order valence-electron chi connectivity index (χ0n) is 13.7. The molecule has 1 aliphatic heterocycles. The van der Waals surface area contributed by atoms with Gasteiger partial charge in [0.05, 0.1) is 0 Å². The second-order valence-corrected chi connectivity index (χ2v) is 5.28. The highest BCUT2D eigenvalue weighted by Gasteiger charge is 2.63. The van der Waals surface area contributed by atoms with Crippen molar-refractivity contribution in [3.63, 3.8) is 0 Å². The fourth-order valence-electron chi connectivity index (χ4n) is 2.49. The van der Waals surface area contributed by atoms with Crippen molar-refractivity contribution in [2.75, 3.05) is 6.61 Å². The Hall–Kier alpha value is -2.04. The number of aliphatic hydroxyl groups excluding tert-OH is 2. The van der Waals surface area contributed by atoms with E-state index in [-0.39, 0.29) is 0 Å². The minimum atomic E-state index is -2.29. The Bertz CT molecular complexity index is 530. The Balaban J connectivity index is 3.40. The summed E-state index contributed by atoms with van der Waals surface area (Å²) in [5, 5.41) is 19.9. The molecule has 0 aromatic carbocycles. The molecule has 0 amide bonds. The molecule has 1 fully saturated rings. The molecule has 1 heterocycles. The molecule has 0 bridgehead atoms. The van der Waals surface area contributed by atoms with E-state index in [0.29, 0.717) is 0 Å². The van der Waals surface area contributed by atoms with Crippen molar-refractivity contribution in [3.05, 3.63) is 0 Å². The summed E-state index contributed by atoms with van der Waals surface area (Å²) in [7, 11) is 0. The van der Waals surface area contributed by atoms with Gasteiger partial charge in [0.2, 0.25) is 5.60 Å². The summed E-state index contributed by atoms with van der Waals surface area (Å²) in [6.45, 7) is 3.54. The smallest absolute Gasteiger partial charge is 0.303 e. The molecule has 1 aliphatic rings. The van der Waals surface area contributed by atoms with Crippen molar-refractivity contribution in [3.8, 4) is 0 Å². The van der Waals surface area contributed by atoms with E-state index in [1.807, 2.05) is 0 Å². The molecular formula is C14H20O10. The molecule has 0 aliphatic carbocycles. The average Bonchev–Trinajstić information content (AvgIpc) is 2.43. The van der Waals surface area contributed by atoms with E-state index in [1.54, 1.807) is 0 Å². The summed E-state index contributed by atoms with van der Waals surface area (Å²) in [5.74, 6) is -3.37. The van der Waals surface area contributed by atoms with E-state index in [0.717, 1.165) is 27.7 Å². The van der Waals surface area contributed by atoms with Crippen LogP contribution in [0, 0.1) is 0 Å². The van der Waals surface area contributed by atoms with Gasteiger partial charge in [0.15, 0.2) is 18.2 Å². The second kappa shape index (κ2) is 7.69. The maximum atomic E-state index is 12.3. The molecule has 5 atom stereocenters. The number of ether oxygens (including phenoxy) is 4. The van der Waals surface area contributed by atoms with E-state index in [4.69, 9.17) is 18.9 Å². The topological polar surface area (TPSA) is 146 Å². The third-order valence-corrected chi connectivity index (χ3v) is 3.40. The molecule has 0 aromatic heterocycles. The van der Waals surface area contributed by atoms with Gasteiger partial charge in [-0.2, -0.15) is 0 Å². The predicted octanol–water partition coefficient (Wildman–Crippen LogP) is -1.55. The lowest BCUT2D eigenvalue weighted by Gasteiger charge is -2.48. The van der Waals surface area contributed by atoms with Crippen molar-refractivity contribution in [1.29, 1.82) is 0 Å².